The Morgan fingerprint density at radius 3 is 2.81 bits per heavy atom. The number of rotatable bonds is 5. The van der Waals surface area contributed by atoms with Crippen molar-refractivity contribution < 1.29 is 9.18 Å². The Labute approximate surface area is 120 Å². The third kappa shape index (κ3) is 4.41. The summed E-state index contributed by atoms with van der Waals surface area (Å²) in [6.07, 6.45) is 2.07. The molecule has 0 saturated heterocycles. The first-order valence-electron chi connectivity index (χ1n) is 6.48. The Kier molecular flexibility index (Phi) is 5.03. The van der Waals surface area contributed by atoms with E-state index in [0.717, 1.165) is 0 Å². The van der Waals surface area contributed by atoms with Gasteiger partial charge in [0.1, 0.15) is 5.82 Å². The quantitative estimate of drug-likeness (QED) is 0.821. The van der Waals surface area contributed by atoms with Gasteiger partial charge in [-0.2, -0.15) is 5.10 Å². The zero-order valence-corrected chi connectivity index (χ0v) is 11.3. The van der Waals surface area contributed by atoms with Crippen molar-refractivity contribution in [2.75, 3.05) is 11.9 Å². The highest BCUT2D eigenvalue weighted by Gasteiger charge is 2.05. The van der Waals surface area contributed by atoms with E-state index < -0.39 is 11.8 Å². The number of aromatic nitrogens is 2. The minimum Gasteiger partial charge on any atom is -0.338 e. The van der Waals surface area contributed by atoms with Crippen molar-refractivity contribution in [3.8, 4) is 0 Å². The van der Waals surface area contributed by atoms with Gasteiger partial charge in [-0.3, -0.25) is 4.79 Å². The fraction of sp³-hybridized carbons (Fsp3) is 0.214. The number of amides is 2. The van der Waals surface area contributed by atoms with E-state index in [2.05, 4.69) is 15.7 Å². The van der Waals surface area contributed by atoms with Crippen molar-refractivity contribution in [2.45, 2.75) is 13.0 Å². The number of halogens is 1. The molecule has 0 aliphatic carbocycles. The average Bonchev–Trinajstić information content (AvgIpc) is 2.48. The lowest BCUT2D eigenvalue weighted by atomic mass is 10.3. The SMILES string of the molecule is O=C(NCCCn1ncccc1=O)Nc1ccccc1F. The smallest absolute Gasteiger partial charge is 0.319 e. The van der Waals surface area contributed by atoms with E-state index in [0.29, 0.717) is 19.5 Å². The topological polar surface area (TPSA) is 76.0 Å². The number of carbonyl (C=O) groups excluding carboxylic acids is 1. The van der Waals surface area contributed by atoms with Crippen molar-refractivity contribution in [3.05, 3.63) is 58.8 Å². The first-order valence-corrected chi connectivity index (χ1v) is 6.48. The van der Waals surface area contributed by atoms with E-state index in [1.54, 1.807) is 18.2 Å². The summed E-state index contributed by atoms with van der Waals surface area (Å²) in [5.41, 5.74) is -0.0655. The number of nitrogens with one attached hydrogen (secondary N) is 2. The van der Waals surface area contributed by atoms with Gasteiger partial charge in [0, 0.05) is 25.4 Å². The maximum absolute atomic E-state index is 13.3. The number of carbonyl (C=O) groups is 1. The number of para-hydroxylation sites is 1. The fourth-order valence-corrected chi connectivity index (χ4v) is 1.72. The second-order valence-electron chi connectivity index (χ2n) is 4.30. The normalized spacial score (nSPS) is 10.1. The summed E-state index contributed by atoms with van der Waals surface area (Å²) in [6, 6.07) is 8.42. The molecule has 2 N–H and O–H groups in total. The second kappa shape index (κ2) is 7.18. The number of aryl methyl sites for hydroxylation is 1. The molecule has 1 aromatic carbocycles. The van der Waals surface area contributed by atoms with Gasteiger partial charge in [-0.05, 0) is 24.6 Å². The number of urea groups is 1. The number of benzene rings is 1. The Hall–Kier alpha value is -2.70. The Morgan fingerprint density at radius 1 is 1.24 bits per heavy atom. The zero-order chi connectivity index (χ0) is 15.1. The molecule has 0 atom stereocenters. The summed E-state index contributed by atoms with van der Waals surface area (Å²) < 4.78 is 14.6. The highest BCUT2D eigenvalue weighted by molar-refractivity contribution is 5.89. The van der Waals surface area contributed by atoms with Crippen LogP contribution in [0.4, 0.5) is 14.9 Å². The van der Waals surface area contributed by atoms with Crippen molar-refractivity contribution in [2.24, 2.45) is 0 Å². The third-order valence-corrected chi connectivity index (χ3v) is 2.74. The second-order valence-corrected chi connectivity index (χ2v) is 4.30. The van der Waals surface area contributed by atoms with Crippen LogP contribution in [-0.4, -0.2) is 22.4 Å². The van der Waals surface area contributed by atoms with Crippen LogP contribution < -0.4 is 16.2 Å². The first kappa shape index (κ1) is 14.7. The van der Waals surface area contributed by atoms with Gasteiger partial charge in [0.25, 0.3) is 5.56 Å². The molecule has 21 heavy (non-hydrogen) atoms. The van der Waals surface area contributed by atoms with Crippen LogP contribution in [0.5, 0.6) is 0 Å². The summed E-state index contributed by atoms with van der Waals surface area (Å²) in [5, 5.41) is 8.90. The summed E-state index contributed by atoms with van der Waals surface area (Å²) in [6.45, 7) is 0.753. The maximum Gasteiger partial charge on any atom is 0.319 e. The third-order valence-electron chi connectivity index (χ3n) is 2.74. The van der Waals surface area contributed by atoms with Gasteiger partial charge in [0.15, 0.2) is 0 Å². The minimum absolute atomic E-state index is 0.121. The predicted molar refractivity (Wildman–Crippen MR) is 76.5 cm³/mol. The molecule has 0 unspecified atom stereocenters. The highest BCUT2D eigenvalue weighted by Crippen LogP contribution is 2.11. The molecular formula is C14H15FN4O2. The Balaban J connectivity index is 1.74. The Bertz CT molecular complexity index is 672. The van der Waals surface area contributed by atoms with Gasteiger partial charge < -0.3 is 10.6 Å². The molecule has 110 valence electrons. The molecule has 0 radical (unpaired) electrons. The molecule has 2 amide bonds. The van der Waals surface area contributed by atoms with E-state index in [-0.39, 0.29) is 11.2 Å². The maximum atomic E-state index is 13.3. The molecule has 7 heteroatoms. The molecule has 0 fully saturated rings. The predicted octanol–water partition coefficient (Wildman–Crippen LogP) is 1.59. The van der Waals surface area contributed by atoms with E-state index in [9.17, 15) is 14.0 Å². The van der Waals surface area contributed by atoms with Crippen molar-refractivity contribution in [1.29, 1.82) is 0 Å². The van der Waals surface area contributed by atoms with Crippen LogP contribution in [0.2, 0.25) is 0 Å². The lowest BCUT2D eigenvalue weighted by Gasteiger charge is -2.08. The van der Waals surface area contributed by atoms with Gasteiger partial charge in [0.05, 0.1) is 5.69 Å². The summed E-state index contributed by atoms with van der Waals surface area (Å²) >= 11 is 0. The largest absolute Gasteiger partial charge is 0.338 e. The van der Waals surface area contributed by atoms with E-state index >= 15 is 0 Å². The lowest BCUT2D eigenvalue weighted by Crippen LogP contribution is -2.31. The molecule has 0 aliphatic heterocycles. The lowest BCUT2D eigenvalue weighted by molar-refractivity contribution is 0.251. The molecule has 0 bridgehead atoms. The monoisotopic (exact) mass is 290 g/mol. The van der Waals surface area contributed by atoms with Crippen LogP contribution in [0.15, 0.2) is 47.4 Å². The van der Waals surface area contributed by atoms with Crippen LogP contribution in [0.1, 0.15) is 6.42 Å². The molecular weight excluding hydrogens is 275 g/mol. The Morgan fingerprint density at radius 2 is 2.05 bits per heavy atom. The first-order chi connectivity index (χ1) is 10.2. The number of hydrogen-bond donors (Lipinski definition) is 2. The van der Waals surface area contributed by atoms with E-state index in [1.807, 2.05) is 0 Å². The van der Waals surface area contributed by atoms with Gasteiger partial charge in [-0.1, -0.05) is 12.1 Å². The van der Waals surface area contributed by atoms with Crippen LogP contribution in [0.3, 0.4) is 0 Å². The summed E-state index contributed by atoms with van der Waals surface area (Å²) in [4.78, 5) is 23.0. The molecule has 0 aliphatic rings. The van der Waals surface area contributed by atoms with E-state index in [4.69, 9.17) is 0 Å². The minimum atomic E-state index is -0.493. The van der Waals surface area contributed by atoms with Gasteiger partial charge in [-0.15, -0.1) is 0 Å². The van der Waals surface area contributed by atoms with Crippen LogP contribution in [0, 0.1) is 5.82 Å². The number of hydrogen-bond acceptors (Lipinski definition) is 3. The van der Waals surface area contributed by atoms with Crippen molar-refractivity contribution in [1.82, 2.24) is 15.1 Å². The fourth-order valence-electron chi connectivity index (χ4n) is 1.72. The standard InChI is InChI=1S/C14H15FN4O2/c15-11-5-1-2-6-12(11)18-14(21)16-8-4-10-19-13(20)7-3-9-17-19/h1-3,5-7,9H,4,8,10H2,(H2,16,18,21). The molecule has 6 nitrogen and oxygen atoms in total. The molecule has 1 heterocycles. The van der Waals surface area contributed by atoms with Gasteiger partial charge in [0.2, 0.25) is 0 Å². The highest BCUT2D eigenvalue weighted by atomic mass is 19.1. The molecule has 0 saturated carbocycles. The zero-order valence-electron chi connectivity index (χ0n) is 11.3. The van der Waals surface area contributed by atoms with Crippen LogP contribution in [0.25, 0.3) is 0 Å². The number of anilines is 1. The summed E-state index contributed by atoms with van der Waals surface area (Å²) in [7, 11) is 0. The van der Waals surface area contributed by atoms with Crippen LogP contribution in [-0.2, 0) is 6.54 Å². The van der Waals surface area contributed by atoms with Crippen molar-refractivity contribution >= 4 is 11.7 Å². The van der Waals surface area contributed by atoms with Gasteiger partial charge in [-0.25, -0.2) is 13.9 Å². The average molecular weight is 290 g/mol. The van der Waals surface area contributed by atoms with Crippen molar-refractivity contribution in [3.63, 3.8) is 0 Å². The number of nitrogens with zero attached hydrogens (tertiary/aromatic N) is 2. The van der Waals surface area contributed by atoms with Crippen LogP contribution >= 0.6 is 0 Å². The summed E-state index contributed by atoms with van der Waals surface area (Å²) in [5.74, 6) is -0.493. The molecule has 2 rings (SSSR count). The van der Waals surface area contributed by atoms with Gasteiger partial charge >= 0.3 is 6.03 Å². The molecule has 0 spiro atoms. The van der Waals surface area contributed by atoms with E-state index in [1.165, 1.54) is 29.1 Å². The molecule has 2 aromatic rings. The molecule has 1 aromatic heterocycles.